The molecule has 0 saturated heterocycles. The molecule has 0 aliphatic rings. The quantitative estimate of drug-likeness (QED) is 0.656. The zero-order chi connectivity index (χ0) is 12.5. The monoisotopic (exact) mass is 256 g/mol. The van der Waals surface area contributed by atoms with Crippen molar-refractivity contribution in [2.45, 2.75) is 13.3 Å². The van der Waals surface area contributed by atoms with E-state index in [1.54, 1.807) is 17.4 Å². The van der Waals surface area contributed by atoms with E-state index in [1.807, 2.05) is 19.1 Å². The summed E-state index contributed by atoms with van der Waals surface area (Å²) < 4.78 is 6.40. The first-order chi connectivity index (χ1) is 8.74. The first kappa shape index (κ1) is 11.2. The van der Waals surface area contributed by atoms with Gasteiger partial charge in [-0.25, -0.2) is 0 Å². The Kier molecular flexibility index (Phi) is 2.76. The highest BCUT2D eigenvalue weighted by molar-refractivity contribution is 7.17. The highest BCUT2D eigenvalue weighted by Gasteiger charge is 2.12. The lowest BCUT2D eigenvalue weighted by Crippen LogP contribution is -2.01. The number of rotatable bonds is 3. The molecule has 0 bridgehead atoms. The van der Waals surface area contributed by atoms with Gasteiger partial charge >= 0.3 is 0 Å². The number of carbonyl (C=O) groups excluding carboxylic acids is 1. The Hall–Kier alpha value is -1.87. The third-order valence-corrected chi connectivity index (χ3v) is 3.98. The molecule has 3 heteroatoms. The molecular weight excluding hydrogens is 244 g/mol. The largest absolute Gasteiger partial charge is 0.469 e. The van der Waals surface area contributed by atoms with Crippen molar-refractivity contribution in [3.8, 4) is 0 Å². The number of fused-ring (bicyclic) bond motifs is 1. The SMILES string of the molecule is Cc1cc(C(=O)Cc2csc3ccccc23)co1. The molecule has 0 fully saturated rings. The third kappa shape index (κ3) is 1.97. The molecule has 0 spiro atoms. The van der Waals surface area contributed by atoms with Gasteiger partial charge in [0.1, 0.15) is 12.0 Å². The van der Waals surface area contributed by atoms with Crippen LogP contribution in [0.3, 0.4) is 0 Å². The third-order valence-electron chi connectivity index (χ3n) is 2.96. The zero-order valence-corrected chi connectivity index (χ0v) is 10.8. The van der Waals surface area contributed by atoms with Crippen molar-refractivity contribution >= 4 is 27.2 Å². The van der Waals surface area contributed by atoms with Crippen molar-refractivity contribution in [1.29, 1.82) is 0 Å². The van der Waals surface area contributed by atoms with E-state index in [1.165, 1.54) is 16.3 Å². The molecule has 0 unspecified atom stereocenters. The van der Waals surface area contributed by atoms with Crippen molar-refractivity contribution in [1.82, 2.24) is 0 Å². The maximum Gasteiger partial charge on any atom is 0.170 e. The highest BCUT2D eigenvalue weighted by Crippen LogP contribution is 2.26. The minimum atomic E-state index is 0.107. The van der Waals surface area contributed by atoms with E-state index in [9.17, 15) is 4.79 Å². The molecule has 0 amide bonds. The molecule has 1 aromatic carbocycles. The van der Waals surface area contributed by atoms with Crippen LogP contribution >= 0.6 is 11.3 Å². The van der Waals surface area contributed by atoms with Crippen molar-refractivity contribution in [2.75, 3.05) is 0 Å². The van der Waals surface area contributed by atoms with Gasteiger partial charge in [0.05, 0.1) is 5.56 Å². The standard InChI is InChI=1S/C15H12O2S/c1-10-6-11(8-17-10)14(16)7-12-9-18-15-5-3-2-4-13(12)15/h2-6,8-9H,7H2,1H3. The predicted octanol–water partition coefficient (Wildman–Crippen LogP) is 4.23. The fourth-order valence-electron chi connectivity index (χ4n) is 2.03. The maximum atomic E-state index is 12.1. The second-order valence-electron chi connectivity index (χ2n) is 4.30. The van der Waals surface area contributed by atoms with Crippen LogP contribution in [0.4, 0.5) is 0 Å². The fourth-order valence-corrected chi connectivity index (χ4v) is 3.00. The molecule has 18 heavy (non-hydrogen) atoms. The molecule has 2 nitrogen and oxygen atoms in total. The number of carbonyl (C=O) groups is 1. The van der Waals surface area contributed by atoms with Crippen LogP contribution in [0.2, 0.25) is 0 Å². The summed E-state index contributed by atoms with van der Waals surface area (Å²) in [4.78, 5) is 12.1. The van der Waals surface area contributed by atoms with E-state index in [0.717, 1.165) is 11.3 Å². The summed E-state index contributed by atoms with van der Waals surface area (Å²) in [7, 11) is 0. The van der Waals surface area contributed by atoms with E-state index in [2.05, 4.69) is 17.5 Å². The number of ketones is 1. The average molecular weight is 256 g/mol. The minimum absolute atomic E-state index is 0.107. The molecule has 3 rings (SSSR count). The number of Topliss-reactive ketones (excluding diaryl/α,β-unsaturated/α-hetero) is 1. The molecule has 0 atom stereocenters. The van der Waals surface area contributed by atoms with Gasteiger partial charge in [0.15, 0.2) is 5.78 Å². The summed E-state index contributed by atoms with van der Waals surface area (Å²) >= 11 is 1.68. The lowest BCUT2D eigenvalue weighted by atomic mass is 10.0. The second-order valence-corrected chi connectivity index (χ2v) is 5.21. The van der Waals surface area contributed by atoms with Crippen LogP contribution in [0, 0.1) is 6.92 Å². The summed E-state index contributed by atoms with van der Waals surface area (Å²) in [6.07, 6.45) is 1.97. The van der Waals surface area contributed by atoms with Gasteiger partial charge in [-0.2, -0.15) is 0 Å². The van der Waals surface area contributed by atoms with Gasteiger partial charge in [0, 0.05) is 11.1 Å². The Morgan fingerprint density at radius 3 is 2.94 bits per heavy atom. The number of hydrogen-bond donors (Lipinski definition) is 0. The van der Waals surface area contributed by atoms with Crippen LogP contribution in [0.15, 0.2) is 46.4 Å². The first-order valence-electron chi connectivity index (χ1n) is 5.77. The van der Waals surface area contributed by atoms with Gasteiger partial charge in [-0.15, -0.1) is 11.3 Å². The Bertz CT molecular complexity index is 706. The van der Waals surface area contributed by atoms with E-state index in [0.29, 0.717) is 12.0 Å². The van der Waals surface area contributed by atoms with Gasteiger partial charge in [0.2, 0.25) is 0 Å². The molecule has 90 valence electrons. The van der Waals surface area contributed by atoms with Gasteiger partial charge in [-0.05, 0) is 35.4 Å². The normalized spacial score (nSPS) is 10.9. The van der Waals surface area contributed by atoms with Gasteiger partial charge < -0.3 is 4.42 Å². The van der Waals surface area contributed by atoms with Crippen LogP contribution in [0.25, 0.3) is 10.1 Å². The molecule has 3 aromatic rings. The second kappa shape index (κ2) is 4.42. The Labute approximate surface area is 109 Å². The summed E-state index contributed by atoms with van der Waals surface area (Å²) in [6, 6.07) is 9.96. The Morgan fingerprint density at radius 2 is 2.17 bits per heavy atom. The smallest absolute Gasteiger partial charge is 0.170 e. The van der Waals surface area contributed by atoms with Crippen molar-refractivity contribution in [3.05, 3.63) is 58.9 Å². The van der Waals surface area contributed by atoms with E-state index in [4.69, 9.17) is 4.42 Å². The van der Waals surface area contributed by atoms with Crippen LogP contribution < -0.4 is 0 Å². The topological polar surface area (TPSA) is 30.2 Å². The number of benzene rings is 1. The van der Waals surface area contributed by atoms with Gasteiger partial charge in [0.25, 0.3) is 0 Å². The number of hydrogen-bond acceptors (Lipinski definition) is 3. The molecule has 0 radical (unpaired) electrons. The molecule has 2 aromatic heterocycles. The van der Waals surface area contributed by atoms with Crippen LogP contribution in [0.1, 0.15) is 21.7 Å². The average Bonchev–Trinajstić information content (AvgIpc) is 2.97. The van der Waals surface area contributed by atoms with Crippen molar-refractivity contribution < 1.29 is 9.21 Å². The summed E-state index contributed by atoms with van der Waals surface area (Å²) in [5.74, 6) is 0.879. The highest BCUT2D eigenvalue weighted by atomic mass is 32.1. The van der Waals surface area contributed by atoms with Crippen molar-refractivity contribution in [3.63, 3.8) is 0 Å². The lowest BCUT2D eigenvalue weighted by Gasteiger charge is -1.97. The summed E-state index contributed by atoms with van der Waals surface area (Å²) in [5.41, 5.74) is 1.75. The lowest BCUT2D eigenvalue weighted by molar-refractivity contribution is 0.0993. The van der Waals surface area contributed by atoms with Crippen LogP contribution in [0.5, 0.6) is 0 Å². The molecule has 2 heterocycles. The van der Waals surface area contributed by atoms with Gasteiger partial charge in [-0.3, -0.25) is 4.79 Å². The zero-order valence-electron chi connectivity index (χ0n) is 9.97. The van der Waals surface area contributed by atoms with E-state index in [-0.39, 0.29) is 5.78 Å². The number of furan rings is 1. The fraction of sp³-hybridized carbons (Fsp3) is 0.133. The molecule has 0 saturated carbocycles. The van der Waals surface area contributed by atoms with E-state index < -0.39 is 0 Å². The Balaban J connectivity index is 1.90. The van der Waals surface area contributed by atoms with Crippen molar-refractivity contribution in [2.24, 2.45) is 0 Å². The number of aryl methyl sites for hydroxylation is 1. The summed E-state index contributed by atoms with van der Waals surface area (Å²) in [6.45, 7) is 1.84. The molecule has 0 aliphatic carbocycles. The Morgan fingerprint density at radius 1 is 1.33 bits per heavy atom. The van der Waals surface area contributed by atoms with Crippen LogP contribution in [-0.2, 0) is 6.42 Å². The van der Waals surface area contributed by atoms with E-state index >= 15 is 0 Å². The van der Waals surface area contributed by atoms with Gasteiger partial charge in [-0.1, -0.05) is 18.2 Å². The first-order valence-corrected chi connectivity index (χ1v) is 6.65. The minimum Gasteiger partial charge on any atom is -0.469 e. The molecular formula is C15H12O2S. The van der Waals surface area contributed by atoms with Crippen LogP contribution in [-0.4, -0.2) is 5.78 Å². The maximum absolute atomic E-state index is 12.1. The summed E-state index contributed by atoms with van der Waals surface area (Å²) in [5, 5.41) is 3.24. The predicted molar refractivity (Wildman–Crippen MR) is 73.3 cm³/mol. The number of thiophene rings is 1. The molecule has 0 N–H and O–H groups in total. The molecule has 0 aliphatic heterocycles.